The van der Waals surface area contributed by atoms with Gasteiger partial charge in [-0.2, -0.15) is 0 Å². The fraction of sp³-hybridized carbons (Fsp3) is 0. The highest BCUT2D eigenvalue weighted by atomic mass is 19.1. The number of halogens is 2. The summed E-state index contributed by atoms with van der Waals surface area (Å²) in [7, 11) is -0.139. The Morgan fingerprint density at radius 3 is 1.77 bits per heavy atom. The van der Waals surface area contributed by atoms with E-state index >= 15 is 0 Å². The normalized spacial score (nSPS) is 10.3. The van der Waals surface area contributed by atoms with Crippen molar-refractivity contribution < 1.29 is 33.6 Å². The number of para-hydroxylation sites is 2. The van der Waals surface area contributed by atoms with Gasteiger partial charge in [-0.05, 0) is 54.1 Å². The summed E-state index contributed by atoms with van der Waals surface area (Å²) >= 11 is 0. The molecule has 0 saturated carbocycles. The third-order valence-electron chi connectivity index (χ3n) is 3.54. The molecule has 3 aromatic rings. The van der Waals surface area contributed by atoms with E-state index < -0.39 is 7.12 Å². The standard InChI is InChI=1S/C8H8BFO2.C8H5F.C6H4BO2.H2O/c10-8-3-1-7(2-4-8)5-6-9(11)12;1-2-7-3-5-8(9)6-4-7;1-2-4-6-5(3-1)8-7-9-6;/h1-6,11-12H;1,3-6H;1-4H;1H2/b6-5+;;;. The summed E-state index contributed by atoms with van der Waals surface area (Å²) in [6, 6.07) is 19.1. The first-order chi connectivity index (χ1) is 14.5. The summed E-state index contributed by atoms with van der Waals surface area (Å²) in [5.41, 5.74) is 1.43. The van der Waals surface area contributed by atoms with Crippen LogP contribution in [0.2, 0.25) is 0 Å². The van der Waals surface area contributed by atoms with Gasteiger partial charge >= 0.3 is 14.8 Å². The second-order valence-corrected chi connectivity index (χ2v) is 5.75. The Hall–Kier alpha value is -3.57. The van der Waals surface area contributed by atoms with Gasteiger partial charge in [0.05, 0.1) is 0 Å². The summed E-state index contributed by atoms with van der Waals surface area (Å²) in [6.07, 6.45) is 6.53. The summed E-state index contributed by atoms with van der Waals surface area (Å²) in [4.78, 5) is 0. The average molecular weight is 423 g/mol. The highest BCUT2D eigenvalue weighted by molar-refractivity contribution is 6.48. The van der Waals surface area contributed by atoms with E-state index in [-0.39, 0.29) is 17.1 Å². The lowest BCUT2D eigenvalue weighted by molar-refractivity contribution is 0.424. The molecule has 1 aliphatic heterocycles. The fourth-order valence-electron chi connectivity index (χ4n) is 2.09. The van der Waals surface area contributed by atoms with E-state index in [1.165, 1.54) is 44.0 Å². The molecule has 0 spiro atoms. The van der Waals surface area contributed by atoms with Crippen molar-refractivity contribution >= 4 is 20.9 Å². The molecule has 1 heterocycles. The predicted molar refractivity (Wildman–Crippen MR) is 117 cm³/mol. The van der Waals surface area contributed by atoms with E-state index in [0.29, 0.717) is 5.56 Å². The highest BCUT2D eigenvalue weighted by Crippen LogP contribution is 2.29. The van der Waals surface area contributed by atoms with Gasteiger partial charge in [-0.15, -0.1) is 6.42 Å². The molecule has 31 heavy (non-hydrogen) atoms. The summed E-state index contributed by atoms with van der Waals surface area (Å²) < 4.78 is 34.4. The zero-order valence-corrected chi connectivity index (χ0v) is 16.3. The minimum Gasteiger partial charge on any atom is -0.524 e. The van der Waals surface area contributed by atoms with E-state index in [2.05, 4.69) is 5.92 Å². The molecular formula is C22H19B2F2O5. The molecular weight excluding hydrogens is 404 g/mol. The van der Waals surface area contributed by atoms with Crippen LogP contribution in [0.3, 0.4) is 0 Å². The third kappa shape index (κ3) is 9.65. The number of terminal acetylenes is 1. The van der Waals surface area contributed by atoms with Gasteiger partial charge in [-0.3, -0.25) is 0 Å². The van der Waals surface area contributed by atoms with Crippen LogP contribution in [0.4, 0.5) is 8.78 Å². The van der Waals surface area contributed by atoms with Gasteiger partial charge in [0.2, 0.25) is 0 Å². The van der Waals surface area contributed by atoms with Crippen molar-refractivity contribution in [3.63, 3.8) is 0 Å². The summed E-state index contributed by atoms with van der Waals surface area (Å²) in [5, 5.41) is 16.9. The topological polar surface area (TPSA) is 90.4 Å². The van der Waals surface area contributed by atoms with Crippen LogP contribution >= 0.6 is 0 Å². The summed E-state index contributed by atoms with van der Waals surface area (Å²) in [6.45, 7) is 0. The molecule has 3 aromatic carbocycles. The predicted octanol–water partition coefficient (Wildman–Crippen LogP) is 2.83. The van der Waals surface area contributed by atoms with Crippen molar-refractivity contribution in [1.29, 1.82) is 0 Å². The Morgan fingerprint density at radius 2 is 1.32 bits per heavy atom. The van der Waals surface area contributed by atoms with Gasteiger partial charge in [-0.25, -0.2) is 8.78 Å². The lowest BCUT2D eigenvalue weighted by atomic mass is 9.91. The Labute approximate surface area is 180 Å². The zero-order chi connectivity index (χ0) is 21.8. The molecule has 0 bridgehead atoms. The SMILES string of the molecule is C#Cc1ccc(F)cc1.O.OB(O)/C=C/c1ccc(F)cc1.[B]1Oc2ccccc2O1. The zero-order valence-electron chi connectivity index (χ0n) is 16.3. The van der Waals surface area contributed by atoms with Crippen LogP contribution < -0.4 is 9.31 Å². The lowest BCUT2D eigenvalue weighted by Crippen LogP contribution is -2.05. The van der Waals surface area contributed by atoms with Crippen LogP contribution in [0, 0.1) is 24.0 Å². The largest absolute Gasteiger partial charge is 0.658 e. The first kappa shape index (κ1) is 25.5. The number of fused-ring (bicyclic) bond motifs is 1. The van der Waals surface area contributed by atoms with E-state index in [4.69, 9.17) is 25.8 Å². The maximum Gasteiger partial charge on any atom is 0.658 e. The maximum absolute atomic E-state index is 12.4. The van der Waals surface area contributed by atoms with Crippen molar-refractivity contribution in [2.75, 3.05) is 0 Å². The molecule has 5 nitrogen and oxygen atoms in total. The van der Waals surface area contributed by atoms with E-state index in [9.17, 15) is 8.78 Å². The Bertz CT molecular complexity index is 965. The Kier molecular flexibility index (Phi) is 11.2. The van der Waals surface area contributed by atoms with Crippen LogP contribution in [-0.4, -0.2) is 30.3 Å². The molecule has 0 atom stereocenters. The molecule has 4 rings (SSSR count). The smallest absolute Gasteiger partial charge is 0.524 e. The molecule has 1 aliphatic rings. The second-order valence-electron chi connectivity index (χ2n) is 5.75. The first-order valence-corrected chi connectivity index (χ1v) is 8.74. The molecule has 9 heteroatoms. The number of benzene rings is 3. The van der Waals surface area contributed by atoms with Crippen molar-refractivity contribution in [1.82, 2.24) is 0 Å². The van der Waals surface area contributed by atoms with Crippen LogP contribution in [-0.2, 0) is 0 Å². The van der Waals surface area contributed by atoms with Gasteiger partial charge in [0.1, 0.15) is 23.1 Å². The lowest BCUT2D eigenvalue weighted by Gasteiger charge is -1.92. The van der Waals surface area contributed by atoms with Crippen molar-refractivity contribution in [3.8, 4) is 23.8 Å². The second kappa shape index (κ2) is 13.6. The van der Waals surface area contributed by atoms with Gasteiger partial charge in [0.15, 0.2) is 0 Å². The molecule has 0 amide bonds. The van der Waals surface area contributed by atoms with Gasteiger partial charge in [0.25, 0.3) is 0 Å². The average Bonchev–Trinajstić information content (AvgIpc) is 3.24. The molecule has 0 saturated heterocycles. The molecule has 0 aliphatic carbocycles. The molecule has 0 fully saturated rings. The third-order valence-corrected chi connectivity index (χ3v) is 3.54. The van der Waals surface area contributed by atoms with Gasteiger partial charge < -0.3 is 24.8 Å². The minimum absolute atomic E-state index is 0. The number of rotatable bonds is 2. The van der Waals surface area contributed by atoms with E-state index in [0.717, 1.165) is 17.1 Å². The Balaban J connectivity index is 0.000000232. The number of hydrogen-bond donors (Lipinski definition) is 2. The molecule has 157 valence electrons. The fourth-order valence-corrected chi connectivity index (χ4v) is 2.09. The van der Waals surface area contributed by atoms with Crippen LogP contribution in [0.15, 0.2) is 78.8 Å². The maximum atomic E-state index is 12.4. The quantitative estimate of drug-likeness (QED) is 0.490. The molecule has 0 unspecified atom stereocenters. The van der Waals surface area contributed by atoms with E-state index in [1.54, 1.807) is 24.3 Å². The van der Waals surface area contributed by atoms with Gasteiger partial charge in [0, 0.05) is 5.56 Å². The van der Waals surface area contributed by atoms with Crippen LogP contribution in [0.1, 0.15) is 11.1 Å². The Morgan fingerprint density at radius 1 is 0.839 bits per heavy atom. The van der Waals surface area contributed by atoms with Crippen LogP contribution in [0.5, 0.6) is 11.5 Å². The number of hydrogen-bond acceptors (Lipinski definition) is 4. The van der Waals surface area contributed by atoms with Crippen LogP contribution in [0.25, 0.3) is 6.08 Å². The molecule has 4 N–H and O–H groups in total. The van der Waals surface area contributed by atoms with E-state index in [1.807, 2.05) is 24.3 Å². The summed E-state index contributed by atoms with van der Waals surface area (Å²) in [5.74, 6) is 4.60. The van der Waals surface area contributed by atoms with Crippen molar-refractivity contribution in [2.24, 2.45) is 0 Å². The minimum atomic E-state index is -1.46. The van der Waals surface area contributed by atoms with Crippen molar-refractivity contribution in [3.05, 3.63) is 102 Å². The highest BCUT2D eigenvalue weighted by Gasteiger charge is 2.14. The molecule has 1 radical (unpaired) electrons. The van der Waals surface area contributed by atoms with Gasteiger partial charge in [-0.1, -0.05) is 42.2 Å². The van der Waals surface area contributed by atoms with Crippen molar-refractivity contribution in [2.45, 2.75) is 0 Å². The first-order valence-electron chi connectivity index (χ1n) is 8.74. The molecule has 0 aromatic heterocycles. The monoisotopic (exact) mass is 423 g/mol.